The molecule has 11 rings (SSSR count). The number of anilines is 3. The fraction of sp³-hybridized carbons (Fsp3) is 0.0980. The number of rotatable bonds is 5. The van der Waals surface area contributed by atoms with Crippen molar-refractivity contribution in [2.45, 2.75) is 18.8 Å². The van der Waals surface area contributed by atoms with Crippen LogP contribution in [0.1, 0.15) is 39.8 Å². The molecule has 1 nitrogen and oxygen atoms in total. The molecule has 0 aromatic heterocycles. The maximum absolute atomic E-state index is 2.49. The Kier molecular flexibility index (Phi) is 6.34. The van der Waals surface area contributed by atoms with Gasteiger partial charge in [-0.3, -0.25) is 0 Å². The summed E-state index contributed by atoms with van der Waals surface area (Å²) in [5.74, 6) is 1.48. The van der Waals surface area contributed by atoms with E-state index in [2.05, 4.69) is 194 Å². The van der Waals surface area contributed by atoms with Crippen molar-refractivity contribution in [3.8, 4) is 33.4 Å². The lowest BCUT2D eigenvalue weighted by molar-refractivity contribution is 0.792. The van der Waals surface area contributed by atoms with Gasteiger partial charge >= 0.3 is 0 Å². The number of aryl methyl sites for hydroxylation is 1. The second-order valence-electron chi connectivity index (χ2n) is 15.0. The highest BCUT2D eigenvalue weighted by atomic mass is 15.1. The van der Waals surface area contributed by atoms with Gasteiger partial charge in [0.25, 0.3) is 0 Å². The SMILES string of the molecule is Cc1ccc2c(c1)C1(c3ccccc3-c3ccccc31)c1cc(N(c3ccc(C4=CC5CC5C=C4)cc3)c3ccc(-c4ccccc4)cc3)ccc1-2. The minimum Gasteiger partial charge on any atom is -0.310 e. The van der Waals surface area contributed by atoms with E-state index < -0.39 is 5.41 Å². The third-order valence-corrected chi connectivity index (χ3v) is 12.0. The van der Waals surface area contributed by atoms with Crippen molar-refractivity contribution in [1.82, 2.24) is 0 Å². The van der Waals surface area contributed by atoms with Crippen LogP contribution in [0.5, 0.6) is 0 Å². The minimum absolute atomic E-state index is 0.396. The van der Waals surface area contributed by atoms with E-state index in [0.717, 1.165) is 28.9 Å². The van der Waals surface area contributed by atoms with Crippen LogP contribution < -0.4 is 4.90 Å². The Labute approximate surface area is 305 Å². The molecule has 1 heteroatoms. The molecule has 1 saturated carbocycles. The standard InChI is InChI=1S/C51H37N/c1-33-15-27-45-46-28-26-42(32-50(46)51(49(45)29-33)47-13-7-5-11-43(47)44-12-6-8-14-48(44)51)52(40-22-18-35(19-23-40)34-9-3-2-4-10-34)41-24-20-36(21-25-41)37-16-17-38-31-39(38)30-37/h2-30,32,38-39H,31H2,1H3. The zero-order chi connectivity index (χ0) is 34.4. The van der Waals surface area contributed by atoms with Crippen molar-refractivity contribution >= 4 is 22.6 Å². The van der Waals surface area contributed by atoms with Crippen molar-refractivity contribution in [2.24, 2.45) is 11.8 Å². The number of fused-ring (bicyclic) bond motifs is 11. The summed E-state index contributed by atoms with van der Waals surface area (Å²) in [6, 6.07) is 61.3. The van der Waals surface area contributed by atoms with Crippen molar-refractivity contribution < 1.29 is 0 Å². The zero-order valence-electron chi connectivity index (χ0n) is 29.1. The topological polar surface area (TPSA) is 3.24 Å². The van der Waals surface area contributed by atoms with E-state index in [4.69, 9.17) is 0 Å². The number of allylic oxidation sites excluding steroid dienone is 4. The van der Waals surface area contributed by atoms with Gasteiger partial charge in [0, 0.05) is 17.1 Å². The minimum atomic E-state index is -0.396. The Morgan fingerprint density at radius 2 is 1.00 bits per heavy atom. The van der Waals surface area contributed by atoms with Gasteiger partial charge in [0.05, 0.1) is 5.41 Å². The molecule has 7 aromatic rings. The molecule has 0 radical (unpaired) electrons. The Bertz CT molecular complexity index is 2560. The molecule has 2 unspecified atom stereocenters. The van der Waals surface area contributed by atoms with Crippen LogP contribution in [0.4, 0.5) is 17.1 Å². The zero-order valence-corrected chi connectivity index (χ0v) is 29.1. The van der Waals surface area contributed by atoms with Crippen LogP contribution >= 0.6 is 0 Å². The fourth-order valence-corrected chi connectivity index (χ4v) is 9.42. The van der Waals surface area contributed by atoms with Crippen LogP contribution in [0.15, 0.2) is 182 Å². The van der Waals surface area contributed by atoms with E-state index in [9.17, 15) is 0 Å². The van der Waals surface area contributed by atoms with Crippen LogP contribution in [0, 0.1) is 18.8 Å². The third kappa shape index (κ3) is 4.29. The molecule has 0 N–H and O–H groups in total. The molecule has 0 amide bonds. The predicted molar refractivity (Wildman–Crippen MR) is 216 cm³/mol. The van der Waals surface area contributed by atoms with E-state index in [1.54, 1.807) is 0 Å². The van der Waals surface area contributed by atoms with E-state index >= 15 is 0 Å². The quantitative estimate of drug-likeness (QED) is 0.177. The molecule has 4 aliphatic carbocycles. The molecule has 2 atom stereocenters. The maximum Gasteiger partial charge on any atom is 0.0726 e. The van der Waals surface area contributed by atoms with Gasteiger partial charge in [-0.25, -0.2) is 0 Å². The first-order chi connectivity index (χ1) is 25.7. The lowest BCUT2D eigenvalue weighted by Crippen LogP contribution is -2.26. The van der Waals surface area contributed by atoms with Crippen molar-refractivity contribution in [3.05, 3.63) is 215 Å². The lowest BCUT2D eigenvalue weighted by Gasteiger charge is -2.32. The lowest BCUT2D eigenvalue weighted by atomic mass is 9.70. The Morgan fingerprint density at radius 1 is 0.462 bits per heavy atom. The predicted octanol–water partition coefficient (Wildman–Crippen LogP) is 13.1. The molecule has 4 aliphatic rings. The number of benzene rings is 7. The molecular weight excluding hydrogens is 627 g/mol. The normalized spacial score (nSPS) is 17.8. The van der Waals surface area contributed by atoms with Gasteiger partial charge in [0.15, 0.2) is 0 Å². The third-order valence-electron chi connectivity index (χ3n) is 12.0. The monoisotopic (exact) mass is 663 g/mol. The first kappa shape index (κ1) is 29.5. The maximum atomic E-state index is 2.49. The average molecular weight is 664 g/mol. The summed E-state index contributed by atoms with van der Waals surface area (Å²) in [4.78, 5) is 2.44. The van der Waals surface area contributed by atoms with Gasteiger partial charge in [-0.15, -0.1) is 0 Å². The second kappa shape index (κ2) is 11.2. The van der Waals surface area contributed by atoms with E-state index in [0.29, 0.717) is 0 Å². The molecule has 0 heterocycles. The fourth-order valence-electron chi connectivity index (χ4n) is 9.42. The summed E-state index contributed by atoms with van der Waals surface area (Å²) in [5.41, 5.74) is 20.2. The number of hydrogen-bond acceptors (Lipinski definition) is 1. The number of nitrogens with zero attached hydrogens (tertiary/aromatic N) is 1. The second-order valence-corrected chi connectivity index (χ2v) is 15.0. The largest absolute Gasteiger partial charge is 0.310 e. The Hall–Kier alpha value is -6.18. The highest BCUT2D eigenvalue weighted by molar-refractivity contribution is 5.96. The first-order valence-corrected chi connectivity index (χ1v) is 18.6. The van der Waals surface area contributed by atoms with Crippen LogP contribution in [0.3, 0.4) is 0 Å². The summed E-state index contributed by atoms with van der Waals surface area (Å²) >= 11 is 0. The van der Waals surface area contributed by atoms with Gasteiger partial charge in [-0.2, -0.15) is 0 Å². The summed E-state index contributed by atoms with van der Waals surface area (Å²) < 4.78 is 0. The average Bonchev–Trinajstić information content (AvgIpc) is 3.86. The summed E-state index contributed by atoms with van der Waals surface area (Å²) in [7, 11) is 0. The van der Waals surface area contributed by atoms with Gasteiger partial charge in [-0.1, -0.05) is 151 Å². The summed E-state index contributed by atoms with van der Waals surface area (Å²) in [6.07, 6.45) is 8.48. The van der Waals surface area contributed by atoms with Crippen LogP contribution in [0.2, 0.25) is 0 Å². The van der Waals surface area contributed by atoms with E-state index in [-0.39, 0.29) is 0 Å². The van der Waals surface area contributed by atoms with Gasteiger partial charge in [0.2, 0.25) is 0 Å². The van der Waals surface area contributed by atoms with Crippen molar-refractivity contribution in [3.63, 3.8) is 0 Å². The van der Waals surface area contributed by atoms with Crippen molar-refractivity contribution in [1.29, 1.82) is 0 Å². The highest BCUT2D eigenvalue weighted by Crippen LogP contribution is 2.63. The molecule has 1 fully saturated rings. The smallest absolute Gasteiger partial charge is 0.0726 e. The molecule has 1 spiro atoms. The molecule has 0 aliphatic heterocycles. The van der Waals surface area contributed by atoms with Crippen molar-refractivity contribution in [2.75, 3.05) is 4.90 Å². The Morgan fingerprint density at radius 3 is 1.67 bits per heavy atom. The summed E-state index contributed by atoms with van der Waals surface area (Å²) in [6.45, 7) is 2.22. The molecule has 0 saturated heterocycles. The molecular formula is C51H37N. The molecule has 246 valence electrons. The van der Waals surface area contributed by atoms with E-state index in [1.807, 2.05) is 0 Å². The number of hydrogen-bond donors (Lipinski definition) is 0. The van der Waals surface area contributed by atoms with Crippen LogP contribution in [-0.4, -0.2) is 0 Å². The van der Waals surface area contributed by atoms with Crippen LogP contribution in [-0.2, 0) is 5.41 Å². The first-order valence-electron chi connectivity index (χ1n) is 18.6. The molecule has 52 heavy (non-hydrogen) atoms. The van der Waals surface area contributed by atoms with Crippen LogP contribution in [0.25, 0.3) is 39.0 Å². The van der Waals surface area contributed by atoms with Gasteiger partial charge in [0.1, 0.15) is 0 Å². The van der Waals surface area contributed by atoms with E-state index in [1.165, 1.54) is 78.8 Å². The van der Waals surface area contributed by atoms with Gasteiger partial charge in [-0.05, 0) is 128 Å². The molecule has 7 aromatic carbocycles. The van der Waals surface area contributed by atoms with Gasteiger partial charge < -0.3 is 4.90 Å². The summed E-state index contributed by atoms with van der Waals surface area (Å²) in [5, 5.41) is 0. The highest BCUT2D eigenvalue weighted by Gasteiger charge is 2.51. The molecule has 0 bridgehead atoms. The Balaban J connectivity index is 1.11.